The Kier molecular flexibility index (Phi) is 6.55. The van der Waals surface area contributed by atoms with Gasteiger partial charge >= 0.3 is 6.09 Å². The summed E-state index contributed by atoms with van der Waals surface area (Å²) in [5, 5.41) is 2.63. The highest BCUT2D eigenvalue weighted by atomic mass is 79.9. The molecule has 2 amide bonds. The molecule has 1 aliphatic carbocycles. The Morgan fingerprint density at radius 1 is 1.19 bits per heavy atom. The normalized spacial score (nSPS) is 18.5. The number of hydrogen-bond acceptors (Lipinski definition) is 4. The molecule has 37 heavy (non-hydrogen) atoms. The molecule has 5 rings (SSSR count). The number of carbonyl (C=O) groups is 2. The topological polar surface area (TPSA) is 87.3 Å². The number of likely N-dealkylation sites (tertiary alicyclic amines) is 1. The van der Waals surface area contributed by atoms with E-state index in [1.165, 1.54) is 19.2 Å². The molecule has 1 unspecified atom stereocenters. The number of hydrogen-bond donors (Lipinski definition) is 2. The van der Waals surface area contributed by atoms with Crippen molar-refractivity contribution in [1.29, 1.82) is 0 Å². The summed E-state index contributed by atoms with van der Waals surface area (Å²) in [6.07, 6.45) is 2.51. The highest BCUT2D eigenvalue weighted by molar-refractivity contribution is 9.10. The number of imidazole rings is 1. The second-order valence-corrected chi connectivity index (χ2v) is 10.7. The molecule has 2 aliphatic rings. The predicted molar refractivity (Wildman–Crippen MR) is 138 cm³/mol. The number of ether oxygens (including phenoxy) is 1. The third-order valence-corrected chi connectivity index (χ3v) is 7.60. The number of aromatic amines is 1. The molecule has 1 saturated heterocycles. The molecule has 7 nitrogen and oxygen atoms in total. The van der Waals surface area contributed by atoms with E-state index in [0.717, 1.165) is 6.42 Å². The Bertz CT molecular complexity index is 1370. The van der Waals surface area contributed by atoms with Crippen molar-refractivity contribution in [3.63, 3.8) is 0 Å². The van der Waals surface area contributed by atoms with Crippen LogP contribution in [0.4, 0.5) is 13.6 Å². The average Bonchev–Trinajstić information content (AvgIpc) is 3.59. The Balaban J connectivity index is 1.41. The van der Waals surface area contributed by atoms with Gasteiger partial charge in [0.2, 0.25) is 5.91 Å². The largest absolute Gasteiger partial charge is 0.453 e. The molecule has 2 heterocycles. The van der Waals surface area contributed by atoms with Gasteiger partial charge in [-0.1, -0.05) is 48.0 Å². The summed E-state index contributed by atoms with van der Waals surface area (Å²) in [5.74, 6) is -2.88. The van der Waals surface area contributed by atoms with Crippen LogP contribution >= 0.6 is 15.9 Å². The van der Waals surface area contributed by atoms with Crippen LogP contribution in [0.5, 0.6) is 0 Å². The first kappa shape index (κ1) is 25.4. The van der Waals surface area contributed by atoms with Crippen molar-refractivity contribution in [3.05, 3.63) is 64.0 Å². The Morgan fingerprint density at radius 3 is 2.59 bits per heavy atom. The number of amides is 2. The van der Waals surface area contributed by atoms with Crippen molar-refractivity contribution in [2.45, 2.75) is 44.7 Å². The number of rotatable bonds is 5. The first-order valence-electron chi connectivity index (χ1n) is 12.1. The first-order valence-corrected chi connectivity index (χ1v) is 12.9. The van der Waals surface area contributed by atoms with Crippen molar-refractivity contribution in [1.82, 2.24) is 20.2 Å². The maximum absolute atomic E-state index is 15.3. The smallest absolute Gasteiger partial charge is 0.407 e. The molecule has 0 radical (unpaired) electrons. The second kappa shape index (κ2) is 9.55. The number of fused-ring (bicyclic) bond motifs is 3. The zero-order chi connectivity index (χ0) is 26.5. The van der Waals surface area contributed by atoms with Crippen LogP contribution in [-0.4, -0.2) is 46.6 Å². The lowest BCUT2D eigenvalue weighted by molar-refractivity contribution is -0.135. The number of nitrogens with one attached hydrogen (secondary N) is 2. The predicted octanol–water partition coefficient (Wildman–Crippen LogP) is 6.00. The fourth-order valence-electron chi connectivity index (χ4n) is 5.20. The summed E-state index contributed by atoms with van der Waals surface area (Å²) in [7, 11) is 1.26. The zero-order valence-electron chi connectivity index (χ0n) is 20.6. The van der Waals surface area contributed by atoms with Gasteiger partial charge in [-0.15, -0.1) is 0 Å². The summed E-state index contributed by atoms with van der Waals surface area (Å²) in [4.78, 5) is 34.7. The molecule has 2 N–H and O–H groups in total. The number of H-pyrrole nitrogens is 1. The van der Waals surface area contributed by atoms with Crippen LogP contribution in [-0.2, 0) is 15.5 Å². The fourth-order valence-corrected chi connectivity index (χ4v) is 5.56. The van der Waals surface area contributed by atoms with E-state index in [-0.39, 0.29) is 29.0 Å². The molecular formula is C27H27BrF2N4O3. The van der Waals surface area contributed by atoms with Gasteiger partial charge in [-0.2, -0.15) is 8.78 Å². The number of alkyl carbamates (subject to hydrolysis) is 1. The molecule has 0 spiro atoms. The lowest BCUT2D eigenvalue weighted by Gasteiger charge is -2.29. The van der Waals surface area contributed by atoms with E-state index in [9.17, 15) is 9.59 Å². The van der Waals surface area contributed by atoms with Crippen LogP contribution in [0.1, 0.15) is 49.7 Å². The van der Waals surface area contributed by atoms with Crippen LogP contribution < -0.4 is 5.32 Å². The van der Waals surface area contributed by atoms with Crippen LogP contribution in [0.3, 0.4) is 0 Å². The van der Waals surface area contributed by atoms with Gasteiger partial charge in [-0.25, -0.2) is 9.78 Å². The fraction of sp³-hybridized carbons (Fsp3) is 0.370. The van der Waals surface area contributed by atoms with Gasteiger partial charge in [0, 0.05) is 33.9 Å². The van der Waals surface area contributed by atoms with E-state index in [2.05, 4.69) is 31.0 Å². The summed E-state index contributed by atoms with van der Waals surface area (Å²) in [6, 6.07) is 8.89. The minimum Gasteiger partial charge on any atom is -0.453 e. The Morgan fingerprint density at radius 2 is 1.89 bits per heavy atom. The minimum atomic E-state index is -3.11. The first-order chi connectivity index (χ1) is 17.6. The van der Waals surface area contributed by atoms with Crippen molar-refractivity contribution >= 4 is 27.9 Å². The van der Waals surface area contributed by atoms with Crippen molar-refractivity contribution < 1.29 is 23.1 Å². The molecule has 0 bridgehead atoms. The van der Waals surface area contributed by atoms with Gasteiger partial charge in [-0.3, -0.25) is 4.79 Å². The van der Waals surface area contributed by atoms with Gasteiger partial charge in [-0.05, 0) is 48.1 Å². The summed E-state index contributed by atoms with van der Waals surface area (Å²) < 4.78 is 35.9. The number of benzene rings is 2. The number of nitrogens with zero attached hydrogens (tertiary/aromatic N) is 2. The quantitative estimate of drug-likeness (QED) is 0.392. The third-order valence-electron chi connectivity index (χ3n) is 7.10. The number of aromatic nitrogens is 2. The van der Waals surface area contributed by atoms with Crippen LogP contribution in [0.2, 0.25) is 0 Å². The van der Waals surface area contributed by atoms with Gasteiger partial charge < -0.3 is 19.9 Å². The molecule has 10 heteroatoms. The van der Waals surface area contributed by atoms with E-state index in [4.69, 9.17) is 4.98 Å². The van der Waals surface area contributed by atoms with Crippen molar-refractivity contribution in [2.75, 3.05) is 13.7 Å². The molecule has 2 aromatic carbocycles. The number of alkyl halides is 2. The van der Waals surface area contributed by atoms with E-state index in [1.807, 2.05) is 13.8 Å². The molecule has 194 valence electrons. The lowest BCUT2D eigenvalue weighted by Crippen LogP contribution is -2.51. The van der Waals surface area contributed by atoms with Crippen molar-refractivity contribution in [3.8, 4) is 22.4 Å². The standard InChI is InChI=1S/C27H27BrF2N4O3/c1-14(2)23(33-26(36)37-3)25(35)34-10-4-5-22(34)24-31-13-21(32-24)15-6-8-17-18-9-7-16(28)12-20(18)27(29,30)19(17)11-15/h6-9,11-14,22-23H,4-5,10H2,1-3H3,(H,31,32)(H,33,36)/t22-,23?/m0/s1. The molecule has 1 aliphatic heterocycles. The highest BCUT2D eigenvalue weighted by Gasteiger charge is 2.44. The molecule has 1 aromatic heterocycles. The van der Waals surface area contributed by atoms with Gasteiger partial charge in [0.05, 0.1) is 18.8 Å². The zero-order valence-corrected chi connectivity index (χ0v) is 22.2. The third kappa shape index (κ3) is 4.41. The number of carbonyl (C=O) groups excluding carboxylic acids is 2. The van der Waals surface area contributed by atoms with E-state index < -0.39 is 18.1 Å². The highest BCUT2D eigenvalue weighted by Crippen LogP contribution is 2.52. The van der Waals surface area contributed by atoms with E-state index in [0.29, 0.717) is 45.6 Å². The maximum Gasteiger partial charge on any atom is 0.407 e. The van der Waals surface area contributed by atoms with Crippen LogP contribution in [0, 0.1) is 5.92 Å². The van der Waals surface area contributed by atoms with Gasteiger partial charge in [0.1, 0.15) is 11.9 Å². The Hall–Kier alpha value is -3.27. The molecule has 2 atom stereocenters. The minimum absolute atomic E-state index is 0.0166. The van der Waals surface area contributed by atoms with E-state index in [1.54, 1.807) is 35.4 Å². The summed E-state index contributed by atoms with van der Waals surface area (Å²) >= 11 is 3.29. The SMILES string of the molecule is COC(=O)NC(C(=O)N1CCC[C@H]1c1nc(-c2ccc3c(c2)C(F)(F)c2cc(Br)ccc2-3)c[nH]1)C(C)C. The van der Waals surface area contributed by atoms with Crippen LogP contribution in [0.25, 0.3) is 22.4 Å². The lowest BCUT2D eigenvalue weighted by atomic mass is 10.0. The van der Waals surface area contributed by atoms with Gasteiger partial charge in [0.25, 0.3) is 5.92 Å². The summed E-state index contributed by atoms with van der Waals surface area (Å²) in [6.45, 7) is 4.24. The summed E-state index contributed by atoms with van der Waals surface area (Å²) in [5.41, 5.74) is 2.07. The Labute approximate surface area is 221 Å². The van der Waals surface area contributed by atoms with Gasteiger partial charge in [0.15, 0.2) is 0 Å². The molecular weight excluding hydrogens is 546 g/mol. The van der Waals surface area contributed by atoms with E-state index >= 15 is 8.78 Å². The molecule has 1 fully saturated rings. The maximum atomic E-state index is 15.3. The van der Waals surface area contributed by atoms with Crippen LogP contribution in [0.15, 0.2) is 47.1 Å². The monoisotopic (exact) mass is 572 g/mol. The molecule has 0 saturated carbocycles. The number of methoxy groups -OCH3 is 1. The molecule has 3 aromatic rings. The second-order valence-electron chi connectivity index (χ2n) is 9.74. The average molecular weight is 573 g/mol. The van der Waals surface area contributed by atoms with Crippen molar-refractivity contribution in [2.24, 2.45) is 5.92 Å². The number of halogens is 3.